The van der Waals surface area contributed by atoms with E-state index in [9.17, 15) is 15.3 Å². The van der Waals surface area contributed by atoms with E-state index >= 15 is 0 Å². The molecule has 5 N–H and O–H groups in total. The summed E-state index contributed by atoms with van der Waals surface area (Å²) in [5.41, 5.74) is 0.555. The van der Waals surface area contributed by atoms with Gasteiger partial charge in [-0.1, -0.05) is 11.6 Å². The molecule has 3 unspecified atom stereocenters. The first kappa shape index (κ1) is 15.4. The summed E-state index contributed by atoms with van der Waals surface area (Å²) in [5.74, 6) is 0.102. The van der Waals surface area contributed by atoms with Crippen molar-refractivity contribution >= 4 is 28.5 Å². The molecule has 0 saturated carbocycles. The van der Waals surface area contributed by atoms with Crippen molar-refractivity contribution in [2.24, 2.45) is 0 Å². The van der Waals surface area contributed by atoms with E-state index in [0.717, 1.165) is 0 Å². The van der Waals surface area contributed by atoms with Gasteiger partial charge in [-0.05, 0) is 6.92 Å². The molecule has 0 aliphatic carbocycles. The first-order valence-corrected chi connectivity index (χ1v) is 6.87. The van der Waals surface area contributed by atoms with Crippen LogP contribution >= 0.6 is 11.6 Å². The summed E-state index contributed by atoms with van der Waals surface area (Å²) in [5, 5.41) is 39.5. The zero-order valence-corrected chi connectivity index (χ0v) is 12.3. The van der Waals surface area contributed by atoms with Gasteiger partial charge in [-0.3, -0.25) is 10.7 Å². The van der Waals surface area contributed by atoms with E-state index in [1.54, 1.807) is 0 Å². The Kier molecular flexibility index (Phi) is 3.71. The zero-order chi connectivity index (χ0) is 16.1. The van der Waals surface area contributed by atoms with Gasteiger partial charge in [-0.25, -0.2) is 9.97 Å². The molecule has 4 atom stereocenters. The molecule has 22 heavy (non-hydrogen) atoms. The topological polar surface area (TPSA) is 133 Å². The van der Waals surface area contributed by atoms with Gasteiger partial charge < -0.3 is 24.6 Å². The lowest BCUT2D eigenvalue weighted by molar-refractivity contribution is -0.0948. The summed E-state index contributed by atoms with van der Waals surface area (Å²) in [4.78, 5) is 7.92. The number of halogens is 1. The van der Waals surface area contributed by atoms with Crippen molar-refractivity contribution in [2.45, 2.75) is 31.0 Å². The van der Waals surface area contributed by atoms with Crippen LogP contribution < -0.4 is 5.48 Å². The van der Waals surface area contributed by atoms with Crippen LogP contribution in [0.3, 0.4) is 0 Å². The summed E-state index contributed by atoms with van der Waals surface area (Å²) in [6.07, 6.45) is -0.578. The summed E-state index contributed by atoms with van der Waals surface area (Å²) in [6, 6.07) is 0. The van der Waals surface area contributed by atoms with E-state index < -0.39 is 30.6 Å². The quantitative estimate of drug-likeness (QED) is 0.492. The Hall–Kier alpha value is -1.49. The van der Waals surface area contributed by atoms with Gasteiger partial charge in [0.05, 0.1) is 17.0 Å². The maximum Gasteiger partial charge on any atom is 0.167 e. The van der Waals surface area contributed by atoms with Crippen molar-refractivity contribution in [3.05, 3.63) is 17.5 Å². The van der Waals surface area contributed by atoms with E-state index in [-0.39, 0.29) is 10.8 Å². The number of nitrogens with zero attached hydrogens (tertiary/aromatic N) is 3. The first-order chi connectivity index (χ1) is 10.4. The predicted molar refractivity (Wildman–Crippen MR) is 75.6 cm³/mol. The average Bonchev–Trinajstić information content (AvgIpc) is 2.95. The molecular formula is C12H15ClN4O5. The Morgan fingerprint density at radius 3 is 2.82 bits per heavy atom. The van der Waals surface area contributed by atoms with Crippen LogP contribution in [0.25, 0.3) is 11.0 Å². The lowest BCUT2D eigenvalue weighted by atomic mass is 9.96. The Labute approximate surface area is 129 Å². The molecule has 0 spiro atoms. The maximum atomic E-state index is 10.5. The number of hydrogen-bond acceptors (Lipinski definition) is 8. The van der Waals surface area contributed by atoms with E-state index in [1.165, 1.54) is 24.0 Å². The van der Waals surface area contributed by atoms with Crippen LogP contribution in [0.2, 0.25) is 5.02 Å². The third kappa shape index (κ3) is 2.06. The SMILES string of the molecule is C[C@@]1(O)C(O)C(CO)OC1n1cc(Cl)c2c(NO)ncnc21. The number of aliphatic hydroxyl groups is 3. The number of fused-ring (bicyclic) bond motifs is 1. The normalized spacial score (nSPS) is 31.8. The highest BCUT2D eigenvalue weighted by atomic mass is 35.5. The van der Waals surface area contributed by atoms with E-state index in [0.29, 0.717) is 11.0 Å². The molecule has 1 saturated heterocycles. The molecule has 3 heterocycles. The van der Waals surface area contributed by atoms with Gasteiger partial charge >= 0.3 is 0 Å². The van der Waals surface area contributed by atoms with Gasteiger partial charge in [0.1, 0.15) is 29.8 Å². The fraction of sp³-hybridized carbons (Fsp3) is 0.500. The van der Waals surface area contributed by atoms with Gasteiger partial charge in [0, 0.05) is 6.20 Å². The second kappa shape index (κ2) is 5.30. The molecule has 1 aliphatic rings. The Morgan fingerprint density at radius 1 is 1.50 bits per heavy atom. The largest absolute Gasteiger partial charge is 0.394 e. The standard InChI is InChI=1S/C12H15ClN4O5/c1-12(20)8(19)6(3-18)22-11(12)17-2-5(13)7-9(16-21)14-4-15-10(7)17/h2,4,6,8,11,18-21H,3H2,1H3,(H,14,15,16)/t6?,8?,11?,12-/m1/s1. The van der Waals surface area contributed by atoms with Crippen molar-refractivity contribution in [2.75, 3.05) is 12.1 Å². The van der Waals surface area contributed by atoms with Crippen LogP contribution in [-0.2, 0) is 4.74 Å². The highest BCUT2D eigenvalue weighted by Gasteiger charge is 2.53. The van der Waals surface area contributed by atoms with Crippen molar-refractivity contribution in [3.63, 3.8) is 0 Å². The Balaban J connectivity index is 2.15. The molecule has 0 aromatic carbocycles. The summed E-state index contributed by atoms with van der Waals surface area (Å²) in [7, 11) is 0. The van der Waals surface area contributed by atoms with Crippen molar-refractivity contribution < 1.29 is 25.3 Å². The van der Waals surface area contributed by atoms with Crippen LogP contribution in [0.1, 0.15) is 13.2 Å². The highest BCUT2D eigenvalue weighted by Crippen LogP contribution is 2.41. The number of aromatic nitrogens is 3. The number of ether oxygens (including phenoxy) is 1. The van der Waals surface area contributed by atoms with E-state index in [1.807, 2.05) is 5.48 Å². The summed E-state index contributed by atoms with van der Waals surface area (Å²) >= 11 is 6.14. The Morgan fingerprint density at radius 2 is 2.23 bits per heavy atom. The lowest BCUT2D eigenvalue weighted by Gasteiger charge is -2.27. The third-order valence-electron chi connectivity index (χ3n) is 3.86. The van der Waals surface area contributed by atoms with Crippen molar-refractivity contribution in [3.8, 4) is 0 Å². The zero-order valence-electron chi connectivity index (χ0n) is 11.5. The van der Waals surface area contributed by atoms with Gasteiger partial charge in [0.25, 0.3) is 0 Å². The number of hydrogen-bond donors (Lipinski definition) is 5. The lowest BCUT2D eigenvalue weighted by Crippen LogP contribution is -2.44. The van der Waals surface area contributed by atoms with Gasteiger partial charge in [-0.2, -0.15) is 0 Å². The fourth-order valence-electron chi connectivity index (χ4n) is 2.69. The first-order valence-electron chi connectivity index (χ1n) is 6.49. The van der Waals surface area contributed by atoms with E-state index in [2.05, 4.69) is 9.97 Å². The number of nitrogens with one attached hydrogen (secondary N) is 1. The van der Waals surface area contributed by atoms with Crippen molar-refractivity contribution in [1.82, 2.24) is 14.5 Å². The average molecular weight is 331 g/mol. The molecule has 10 heteroatoms. The van der Waals surface area contributed by atoms with Crippen LogP contribution in [0.15, 0.2) is 12.5 Å². The molecule has 3 rings (SSSR count). The molecule has 120 valence electrons. The van der Waals surface area contributed by atoms with Crippen LogP contribution in [0, 0.1) is 0 Å². The second-order valence-electron chi connectivity index (χ2n) is 5.30. The fourth-order valence-corrected chi connectivity index (χ4v) is 2.97. The number of aliphatic hydroxyl groups excluding tert-OH is 2. The molecule has 2 aromatic heterocycles. The molecule has 1 fully saturated rings. The number of rotatable bonds is 3. The monoisotopic (exact) mass is 330 g/mol. The Bertz CT molecular complexity index is 706. The second-order valence-corrected chi connectivity index (χ2v) is 5.70. The van der Waals surface area contributed by atoms with Crippen molar-refractivity contribution in [1.29, 1.82) is 0 Å². The summed E-state index contributed by atoms with van der Waals surface area (Å²) < 4.78 is 6.96. The minimum atomic E-state index is -1.67. The number of anilines is 1. The third-order valence-corrected chi connectivity index (χ3v) is 4.14. The molecule has 0 bridgehead atoms. The maximum absolute atomic E-state index is 10.5. The summed E-state index contributed by atoms with van der Waals surface area (Å²) in [6.45, 7) is 0.948. The minimum Gasteiger partial charge on any atom is -0.394 e. The molecule has 1 aliphatic heterocycles. The van der Waals surface area contributed by atoms with Crippen LogP contribution in [0.5, 0.6) is 0 Å². The van der Waals surface area contributed by atoms with E-state index in [4.69, 9.17) is 21.5 Å². The molecule has 2 aromatic rings. The van der Waals surface area contributed by atoms with Gasteiger partial charge in [0.15, 0.2) is 12.0 Å². The van der Waals surface area contributed by atoms with Gasteiger partial charge in [0.2, 0.25) is 0 Å². The molecule has 9 nitrogen and oxygen atoms in total. The molecular weight excluding hydrogens is 316 g/mol. The van der Waals surface area contributed by atoms with Gasteiger partial charge in [-0.15, -0.1) is 0 Å². The predicted octanol–water partition coefficient (Wildman–Crippen LogP) is -0.113. The minimum absolute atomic E-state index is 0.102. The van der Waals surface area contributed by atoms with Crippen LogP contribution in [0.4, 0.5) is 5.82 Å². The molecule has 0 radical (unpaired) electrons. The smallest absolute Gasteiger partial charge is 0.167 e. The van der Waals surface area contributed by atoms with Crippen LogP contribution in [-0.4, -0.2) is 59.5 Å². The highest BCUT2D eigenvalue weighted by molar-refractivity contribution is 6.36. The molecule has 0 amide bonds.